The molecule has 6 N–H and O–H groups in total. The summed E-state index contributed by atoms with van der Waals surface area (Å²) in [4.78, 5) is 45.2. The van der Waals surface area contributed by atoms with Crippen molar-refractivity contribution in [1.29, 1.82) is 0 Å². The summed E-state index contributed by atoms with van der Waals surface area (Å²) in [6, 6.07) is 7.01. The van der Waals surface area contributed by atoms with Gasteiger partial charge in [-0.15, -0.1) is 0 Å². The van der Waals surface area contributed by atoms with Crippen LogP contribution in [-0.2, 0) is 0 Å². The van der Waals surface area contributed by atoms with Crippen molar-refractivity contribution >= 4 is 35.3 Å². The zero-order chi connectivity index (χ0) is 19.4. The second kappa shape index (κ2) is 7.21. The third-order valence-corrected chi connectivity index (χ3v) is 3.36. The minimum Gasteiger partial charge on any atom is -0.478 e. The monoisotopic (exact) mass is 360 g/mol. The highest BCUT2D eigenvalue weighted by Crippen LogP contribution is 2.25. The number of anilines is 2. The summed E-state index contributed by atoms with van der Waals surface area (Å²) in [5.74, 6) is -5.71. The lowest BCUT2D eigenvalue weighted by molar-refractivity contribution is 0.0677. The molecule has 0 saturated heterocycles. The van der Waals surface area contributed by atoms with E-state index in [0.29, 0.717) is 0 Å². The van der Waals surface area contributed by atoms with Gasteiger partial charge >= 0.3 is 23.9 Å². The molecule has 2 rings (SSSR count). The summed E-state index contributed by atoms with van der Waals surface area (Å²) in [7, 11) is 0. The number of carbonyl (C=O) groups is 4. The fourth-order valence-electron chi connectivity index (χ4n) is 2.21. The largest absolute Gasteiger partial charge is 0.478 e. The molecule has 0 atom stereocenters. The van der Waals surface area contributed by atoms with Gasteiger partial charge in [-0.25, -0.2) is 19.2 Å². The molecule has 10 nitrogen and oxygen atoms in total. The molecule has 10 heteroatoms. The molecule has 2 aromatic carbocycles. The molecule has 0 aliphatic rings. The van der Waals surface area contributed by atoms with E-state index < -0.39 is 46.1 Å². The summed E-state index contributed by atoms with van der Waals surface area (Å²) in [6.07, 6.45) is 0. The smallest absolute Gasteiger partial charge is 0.337 e. The van der Waals surface area contributed by atoms with Crippen LogP contribution >= 0.6 is 0 Å². The van der Waals surface area contributed by atoms with Crippen LogP contribution in [0.5, 0.6) is 0 Å². The zero-order valence-electron chi connectivity index (χ0n) is 12.9. The maximum Gasteiger partial charge on any atom is 0.337 e. The number of carboxylic acids is 4. The van der Waals surface area contributed by atoms with Gasteiger partial charge in [0.05, 0.1) is 33.6 Å². The van der Waals surface area contributed by atoms with Crippen LogP contribution in [-0.4, -0.2) is 44.3 Å². The van der Waals surface area contributed by atoms with Crippen LogP contribution in [0.4, 0.5) is 11.4 Å². The molecule has 26 heavy (non-hydrogen) atoms. The maximum absolute atomic E-state index is 11.3. The molecule has 0 spiro atoms. The second-order valence-corrected chi connectivity index (χ2v) is 4.93. The van der Waals surface area contributed by atoms with E-state index in [4.69, 9.17) is 0 Å². The molecule has 134 valence electrons. The van der Waals surface area contributed by atoms with Gasteiger partial charge in [0.1, 0.15) is 0 Å². The van der Waals surface area contributed by atoms with Crippen LogP contribution in [0, 0.1) is 0 Å². The van der Waals surface area contributed by atoms with E-state index in [2.05, 4.69) is 10.9 Å². The van der Waals surface area contributed by atoms with E-state index in [1.54, 1.807) is 0 Å². The summed E-state index contributed by atoms with van der Waals surface area (Å²) in [6.45, 7) is 0. The third-order valence-electron chi connectivity index (χ3n) is 3.36. The van der Waals surface area contributed by atoms with Gasteiger partial charge in [0.25, 0.3) is 0 Å². The summed E-state index contributed by atoms with van der Waals surface area (Å²) in [5.41, 5.74) is 2.31. The average Bonchev–Trinajstić information content (AvgIpc) is 2.58. The summed E-state index contributed by atoms with van der Waals surface area (Å²) >= 11 is 0. The lowest BCUT2D eigenvalue weighted by Crippen LogP contribution is -2.20. The number of hydrazine groups is 1. The molecule has 0 radical (unpaired) electrons. The van der Waals surface area contributed by atoms with Crippen LogP contribution in [0.1, 0.15) is 41.4 Å². The van der Waals surface area contributed by atoms with Crippen LogP contribution in [0.3, 0.4) is 0 Å². The van der Waals surface area contributed by atoms with Crippen molar-refractivity contribution < 1.29 is 39.6 Å². The van der Waals surface area contributed by atoms with E-state index in [1.165, 1.54) is 12.1 Å². The van der Waals surface area contributed by atoms with E-state index in [-0.39, 0.29) is 11.4 Å². The van der Waals surface area contributed by atoms with Crippen LogP contribution in [0.25, 0.3) is 0 Å². The summed E-state index contributed by atoms with van der Waals surface area (Å²) < 4.78 is 0. The molecule has 0 aliphatic heterocycles. The van der Waals surface area contributed by atoms with Crippen molar-refractivity contribution in [2.45, 2.75) is 0 Å². The SMILES string of the molecule is O=C(O)c1cccc(C(=O)O)c1NNc1c(C(=O)O)cccc1C(=O)O. The molecule has 0 bridgehead atoms. The van der Waals surface area contributed by atoms with Gasteiger partial charge in [-0.05, 0) is 24.3 Å². The lowest BCUT2D eigenvalue weighted by atomic mass is 10.1. The van der Waals surface area contributed by atoms with E-state index in [9.17, 15) is 39.6 Å². The maximum atomic E-state index is 11.3. The Morgan fingerprint density at radius 3 is 0.962 bits per heavy atom. The van der Waals surface area contributed by atoms with Crippen molar-refractivity contribution in [2.24, 2.45) is 0 Å². The van der Waals surface area contributed by atoms with Crippen LogP contribution in [0.15, 0.2) is 36.4 Å². The van der Waals surface area contributed by atoms with Crippen LogP contribution < -0.4 is 10.9 Å². The van der Waals surface area contributed by atoms with E-state index >= 15 is 0 Å². The lowest BCUT2D eigenvalue weighted by Gasteiger charge is -2.17. The van der Waals surface area contributed by atoms with Crippen molar-refractivity contribution in [3.63, 3.8) is 0 Å². The Labute approximate surface area is 145 Å². The third kappa shape index (κ3) is 3.53. The average molecular weight is 360 g/mol. The molecular formula is C16H12N2O8. The fourth-order valence-corrected chi connectivity index (χ4v) is 2.21. The number of carboxylic acid groups (broad SMARTS) is 4. The van der Waals surface area contributed by atoms with Gasteiger partial charge in [-0.1, -0.05) is 12.1 Å². The van der Waals surface area contributed by atoms with Crippen molar-refractivity contribution in [3.8, 4) is 0 Å². The molecular weight excluding hydrogens is 348 g/mol. The predicted octanol–water partition coefficient (Wildman–Crippen LogP) is 1.92. The number of para-hydroxylation sites is 2. The Balaban J connectivity index is 2.53. The van der Waals surface area contributed by atoms with Gasteiger partial charge in [0.2, 0.25) is 0 Å². The first kappa shape index (κ1) is 18.3. The highest BCUT2D eigenvalue weighted by molar-refractivity contribution is 6.05. The Hall–Kier alpha value is -4.08. The molecule has 0 aliphatic carbocycles. The van der Waals surface area contributed by atoms with Crippen molar-refractivity contribution in [1.82, 2.24) is 0 Å². The predicted molar refractivity (Wildman–Crippen MR) is 88.0 cm³/mol. The summed E-state index contributed by atoms with van der Waals surface area (Å²) in [5, 5.41) is 36.8. The van der Waals surface area contributed by atoms with Crippen molar-refractivity contribution in [2.75, 3.05) is 10.9 Å². The first-order chi connectivity index (χ1) is 12.2. The number of hydrogen-bond donors (Lipinski definition) is 6. The first-order valence-corrected chi connectivity index (χ1v) is 6.95. The molecule has 0 aromatic heterocycles. The molecule has 2 aromatic rings. The Morgan fingerprint density at radius 1 is 0.538 bits per heavy atom. The highest BCUT2D eigenvalue weighted by Gasteiger charge is 2.21. The minimum absolute atomic E-state index is 0.357. The standard InChI is InChI=1S/C16H12N2O8/c19-13(20)7-3-1-4-8(14(21)22)11(7)17-18-12-9(15(23)24)5-2-6-10(12)16(25)26/h1-6,17-18H,(H,19,20)(H,21,22)(H,23,24)(H,25,26). The highest BCUT2D eigenvalue weighted by atomic mass is 16.4. The number of aromatic carboxylic acids is 4. The van der Waals surface area contributed by atoms with Gasteiger partial charge in [0, 0.05) is 0 Å². The Morgan fingerprint density at radius 2 is 0.769 bits per heavy atom. The van der Waals surface area contributed by atoms with Crippen molar-refractivity contribution in [3.05, 3.63) is 58.7 Å². The normalized spacial score (nSPS) is 10.0. The Bertz CT molecular complexity index is 782. The molecule has 0 fully saturated rings. The quantitative estimate of drug-likeness (QED) is 0.400. The van der Waals surface area contributed by atoms with E-state index in [1.807, 2.05) is 0 Å². The number of rotatable bonds is 7. The minimum atomic E-state index is -1.43. The number of nitrogens with one attached hydrogen (secondary N) is 2. The van der Waals surface area contributed by atoms with E-state index in [0.717, 1.165) is 24.3 Å². The topological polar surface area (TPSA) is 173 Å². The van der Waals surface area contributed by atoms with Gasteiger partial charge in [-0.2, -0.15) is 0 Å². The van der Waals surface area contributed by atoms with Gasteiger partial charge in [0.15, 0.2) is 0 Å². The first-order valence-electron chi connectivity index (χ1n) is 6.95. The molecule has 0 heterocycles. The number of benzene rings is 2. The zero-order valence-corrected chi connectivity index (χ0v) is 12.9. The second-order valence-electron chi connectivity index (χ2n) is 4.93. The van der Waals surface area contributed by atoms with Gasteiger partial charge in [-0.3, -0.25) is 10.9 Å². The van der Waals surface area contributed by atoms with Crippen LogP contribution in [0.2, 0.25) is 0 Å². The molecule has 0 saturated carbocycles. The van der Waals surface area contributed by atoms with Gasteiger partial charge < -0.3 is 20.4 Å². The molecule has 0 amide bonds. The number of hydrogen-bond acceptors (Lipinski definition) is 6. The Kier molecular flexibility index (Phi) is 5.07. The fraction of sp³-hybridized carbons (Fsp3) is 0. The molecule has 0 unspecified atom stereocenters.